The number of aliphatic hydroxyl groups excluding tert-OH is 1. The Morgan fingerprint density at radius 1 is 1.00 bits per heavy atom. The Kier molecular flexibility index (Phi) is 7.13. The van der Waals surface area contributed by atoms with Crippen molar-refractivity contribution in [2.24, 2.45) is 0 Å². The quantitative estimate of drug-likeness (QED) is 0.787. The van der Waals surface area contributed by atoms with Gasteiger partial charge in [0, 0.05) is 44.3 Å². The lowest BCUT2D eigenvalue weighted by Crippen LogP contribution is -2.48. The number of ether oxygens (including phenoxy) is 1. The Bertz CT molecular complexity index is 707. The Morgan fingerprint density at radius 2 is 1.59 bits per heavy atom. The third-order valence-corrected chi connectivity index (χ3v) is 5.63. The molecule has 0 aliphatic carbocycles. The predicted molar refractivity (Wildman–Crippen MR) is 111 cm³/mol. The zero-order chi connectivity index (χ0) is 19.2. The Labute approximate surface area is 167 Å². The summed E-state index contributed by atoms with van der Waals surface area (Å²) in [5.41, 5.74) is 3.35. The first-order chi connectivity index (χ1) is 13.0. The number of aryl methyl sites for hydroxylation is 2. The number of halogens is 1. The molecule has 0 amide bonds. The molecule has 0 saturated carbocycles. The Hall–Kier alpha value is -1.59. The standard InChI is InChI=1S/C22H29ClN2O2/c1-17-12-21(13-18(2)22(17)23)27-16-20(26)15-25-10-8-24(9-11-25)14-19-6-4-3-5-7-19/h3-7,12-13,20,26H,8-11,14-16H2,1-2H3. The van der Waals surface area contributed by atoms with Gasteiger partial charge in [-0.3, -0.25) is 9.80 Å². The summed E-state index contributed by atoms with van der Waals surface area (Å²) in [7, 11) is 0. The molecule has 5 heteroatoms. The molecule has 1 N–H and O–H groups in total. The number of aliphatic hydroxyl groups is 1. The number of piperazine rings is 1. The van der Waals surface area contributed by atoms with Gasteiger partial charge in [-0.15, -0.1) is 0 Å². The molecular weight excluding hydrogens is 360 g/mol. The van der Waals surface area contributed by atoms with Crippen LogP contribution < -0.4 is 4.74 Å². The molecular formula is C22H29ClN2O2. The minimum atomic E-state index is -0.498. The topological polar surface area (TPSA) is 35.9 Å². The van der Waals surface area contributed by atoms with Crippen LogP contribution in [0.15, 0.2) is 42.5 Å². The zero-order valence-corrected chi connectivity index (χ0v) is 17.0. The maximum atomic E-state index is 10.4. The molecule has 146 valence electrons. The van der Waals surface area contributed by atoms with E-state index in [0.29, 0.717) is 13.2 Å². The second-order valence-electron chi connectivity index (χ2n) is 7.40. The van der Waals surface area contributed by atoms with Crippen LogP contribution in [0.2, 0.25) is 5.02 Å². The number of β-amino-alcohol motifs (C(OH)–C–C–N with tert-alkyl or cyclic N) is 1. The summed E-state index contributed by atoms with van der Waals surface area (Å²) >= 11 is 6.19. The normalized spacial score (nSPS) is 17.0. The van der Waals surface area contributed by atoms with Crippen LogP contribution in [-0.4, -0.2) is 60.3 Å². The summed E-state index contributed by atoms with van der Waals surface area (Å²) in [5, 5.41) is 11.1. The minimum Gasteiger partial charge on any atom is -0.491 e. The van der Waals surface area contributed by atoms with Gasteiger partial charge in [0.1, 0.15) is 18.5 Å². The Balaban J connectivity index is 1.40. The second kappa shape index (κ2) is 9.56. The fourth-order valence-corrected chi connectivity index (χ4v) is 3.61. The lowest BCUT2D eigenvalue weighted by atomic mass is 10.1. The number of hydrogen-bond acceptors (Lipinski definition) is 4. The van der Waals surface area contributed by atoms with Gasteiger partial charge in [-0.25, -0.2) is 0 Å². The predicted octanol–water partition coefficient (Wildman–Crippen LogP) is 3.51. The van der Waals surface area contributed by atoms with Crippen molar-refractivity contribution in [3.05, 3.63) is 64.2 Å². The minimum absolute atomic E-state index is 0.296. The van der Waals surface area contributed by atoms with Crippen LogP contribution in [0.4, 0.5) is 0 Å². The van der Waals surface area contributed by atoms with Crippen molar-refractivity contribution in [2.45, 2.75) is 26.5 Å². The first kappa shape index (κ1) is 20.2. The highest BCUT2D eigenvalue weighted by Gasteiger charge is 2.19. The van der Waals surface area contributed by atoms with Gasteiger partial charge in [-0.1, -0.05) is 41.9 Å². The SMILES string of the molecule is Cc1cc(OCC(O)CN2CCN(Cc3ccccc3)CC2)cc(C)c1Cl. The molecule has 1 fully saturated rings. The maximum absolute atomic E-state index is 10.4. The molecule has 0 aromatic heterocycles. The third kappa shape index (κ3) is 5.94. The first-order valence-electron chi connectivity index (χ1n) is 9.57. The molecule has 2 aromatic rings. The molecule has 4 nitrogen and oxygen atoms in total. The highest BCUT2D eigenvalue weighted by atomic mass is 35.5. The van der Waals surface area contributed by atoms with Crippen LogP contribution in [-0.2, 0) is 6.54 Å². The van der Waals surface area contributed by atoms with Gasteiger partial charge >= 0.3 is 0 Å². The van der Waals surface area contributed by atoms with Crippen LogP contribution >= 0.6 is 11.6 Å². The molecule has 1 heterocycles. The van der Waals surface area contributed by atoms with E-state index in [2.05, 4.69) is 40.1 Å². The van der Waals surface area contributed by atoms with Crippen molar-refractivity contribution < 1.29 is 9.84 Å². The van der Waals surface area contributed by atoms with Crippen LogP contribution in [0.5, 0.6) is 5.75 Å². The van der Waals surface area contributed by atoms with E-state index in [1.165, 1.54) is 5.56 Å². The summed E-state index contributed by atoms with van der Waals surface area (Å²) < 4.78 is 5.78. The van der Waals surface area contributed by atoms with Crippen LogP contribution in [0.25, 0.3) is 0 Å². The van der Waals surface area contributed by atoms with Crippen molar-refractivity contribution in [1.82, 2.24) is 9.80 Å². The fourth-order valence-electron chi connectivity index (χ4n) is 3.50. The highest BCUT2D eigenvalue weighted by molar-refractivity contribution is 6.32. The number of benzene rings is 2. The molecule has 1 unspecified atom stereocenters. The molecule has 1 aliphatic rings. The number of nitrogens with zero attached hydrogens (tertiary/aromatic N) is 2. The molecule has 0 bridgehead atoms. The smallest absolute Gasteiger partial charge is 0.120 e. The van der Waals surface area contributed by atoms with Gasteiger partial charge < -0.3 is 9.84 Å². The third-order valence-electron chi connectivity index (χ3n) is 5.04. The van der Waals surface area contributed by atoms with Crippen molar-refractivity contribution in [3.63, 3.8) is 0 Å². The van der Waals surface area contributed by atoms with E-state index < -0.39 is 6.10 Å². The number of hydrogen-bond donors (Lipinski definition) is 1. The van der Waals surface area contributed by atoms with Crippen LogP contribution in [0.3, 0.4) is 0 Å². The van der Waals surface area contributed by atoms with Gasteiger partial charge in [0.2, 0.25) is 0 Å². The average molecular weight is 389 g/mol. The van der Waals surface area contributed by atoms with E-state index in [1.54, 1.807) is 0 Å². The first-order valence-corrected chi connectivity index (χ1v) is 9.95. The van der Waals surface area contributed by atoms with Crippen LogP contribution in [0, 0.1) is 13.8 Å². The van der Waals surface area contributed by atoms with Gasteiger partial charge in [-0.05, 0) is 42.7 Å². The van der Waals surface area contributed by atoms with E-state index in [9.17, 15) is 5.11 Å². The van der Waals surface area contributed by atoms with Gasteiger partial charge in [0.25, 0.3) is 0 Å². The average Bonchev–Trinajstić information content (AvgIpc) is 2.67. The summed E-state index contributed by atoms with van der Waals surface area (Å²) in [6, 6.07) is 14.4. The van der Waals surface area contributed by atoms with Crippen molar-refractivity contribution in [1.29, 1.82) is 0 Å². The van der Waals surface area contributed by atoms with Crippen molar-refractivity contribution >= 4 is 11.6 Å². The second-order valence-corrected chi connectivity index (χ2v) is 7.78. The molecule has 1 aliphatic heterocycles. The van der Waals surface area contributed by atoms with E-state index in [0.717, 1.165) is 54.6 Å². The summed E-state index contributed by atoms with van der Waals surface area (Å²) in [6.45, 7) is 9.87. The highest BCUT2D eigenvalue weighted by Crippen LogP contribution is 2.25. The molecule has 27 heavy (non-hydrogen) atoms. The van der Waals surface area contributed by atoms with Crippen molar-refractivity contribution in [2.75, 3.05) is 39.3 Å². The largest absolute Gasteiger partial charge is 0.491 e. The maximum Gasteiger partial charge on any atom is 0.120 e. The molecule has 1 saturated heterocycles. The molecule has 0 spiro atoms. The van der Waals surface area contributed by atoms with Crippen LogP contribution in [0.1, 0.15) is 16.7 Å². The summed E-state index contributed by atoms with van der Waals surface area (Å²) in [5.74, 6) is 0.765. The van der Waals surface area contributed by atoms with E-state index in [-0.39, 0.29) is 0 Å². The van der Waals surface area contributed by atoms with Gasteiger partial charge in [0.05, 0.1) is 0 Å². The lowest BCUT2D eigenvalue weighted by molar-refractivity contribution is 0.0446. The fraction of sp³-hybridized carbons (Fsp3) is 0.455. The van der Waals surface area contributed by atoms with E-state index >= 15 is 0 Å². The van der Waals surface area contributed by atoms with Crippen molar-refractivity contribution in [3.8, 4) is 5.75 Å². The monoisotopic (exact) mass is 388 g/mol. The molecule has 1 atom stereocenters. The van der Waals surface area contributed by atoms with E-state index in [4.69, 9.17) is 16.3 Å². The zero-order valence-electron chi connectivity index (χ0n) is 16.2. The molecule has 2 aromatic carbocycles. The van der Waals surface area contributed by atoms with Gasteiger partial charge in [0.15, 0.2) is 0 Å². The Morgan fingerprint density at radius 3 is 2.22 bits per heavy atom. The molecule has 0 radical (unpaired) electrons. The van der Waals surface area contributed by atoms with E-state index in [1.807, 2.05) is 26.0 Å². The lowest BCUT2D eigenvalue weighted by Gasteiger charge is -2.35. The van der Waals surface area contributed by atoms with Gasteiger partial charge in [-0.2, -0.15) is 0 Å². The number of rotatable bonds is 7. The summed E-state index contributed by atoms with van der Waals surface area (Å²) in [6.07, 6.45) is -0.498. The molecule has 3 rings (SSSR count). The summed E-state index contributed by atoms with van der Waals surface area (Å²) in [4.78, 5) is 4.78.